The van der Waals surface area contributed by atoms with Gasteiger partial charge in [0.25, 0.3) is 0 Å². The normalized spacial score (nSPS) is 11.7. The molecule has 100 valence electrons. The van der Waals surface area contributed by atoms with Crippen LogP contribution in [0.4, 0.5) is 17.6 Å². The van der Waals surface area contributed by atoms with E-state index in [1.165, 1.54) is 6.07 Å². The van der Waals surface area contributed by atoms with Gasteiger partial charge in [0.2, 0.25) is 5.78 Å². The summed E-state index contributed by atoms with van der Waals surface area (Å²) < 4.78 is 55.3. The first-order valence-electron chi connectivity index (χ1n) is 5.25. The number of hydrogen-bond acceptors (Lipinski definition) is 2. The highest BCUT2D eigenvalue weighted by atomic mass is 19.3. The van der Waals surface area contributed by atoms with Crippen LogP contribution < -0.4 is 4.74 Å². The molecule has 0 N–H and O–H groups in total. The van der Waals surface area contributed by atoms with Crippen molar-refractivity contribution in [2.24, 2.45) is 0 Å². The molecule has 0 aliphatic rings. The van der Waals surface area contributed by atoms with Gasteiger partial charge in [-0.05, 0) is 26.0 Å². The summed E-state index contributed by atoms with van der Waals surface area (Å²) in [5, 5.41) is 0. The van der Waals surface area contributed by atoms with Crippen LogP contribution >= 0.6 is 0 Å². The molecule has 1 aromatic carbocycles. The monoisotopic (exact) mass is 264 g/mol. The Morgan fingerprint density at radius 1 is 1.39 bits per heavy atom. The molecule has 0 fully saturated rings. The van der Waals surface area contributed by atoms with Crippen molar-refractivity contribution in [3.8, 4) is 5.75 Å². The number of rotatable bonds is 5. The molecule has 0 saturated heterocycles. The number of halogens is 4. The summed E-state index contributed by atoms with van der Waals surface area (Å²) in [5.74, 6) is -6.75. The van der Waals surface area contributed by atoms with Crippen LogP contribution in [0.5, 0.6) is 5.75 Å². The Morgan fingerprint density at radius 2 is 2.00 bits per heavy atom. The molecule has 0 radical (unpaired) electrons. The van der Waals surface area contributed by atoms with Crippen LogP contribution in [0.2, 0.25) is 0 Å². The SMILES string of the molecule is CCOc1ccc(C)cc1C(=O)C(F)(F)C(F)F. The van der Waals surface area contributed by atoms with E-state index in [1.54, 1.807) is 19.9 Å². The molecule has 6 heteroatoms. The molecule has 0 unspecified atom stereocenters. The fourth-order valence-corrected chi connectivity index (χ4v) is 1.38. The minimum Gasteiger partial charge on any atom is -0.493 e. The van der Waals surface area contributed by atoms with Crippen molar-refractivity contribution < 1.29 is 27.1 Å². The highest BCUT2D eigenvalue weighted by molar-refractivity contribution is 6.04. The summed E-state index contributed by atoms with van der Waals surface area (Å²) in [4.78, 5) is 11.4. The van der Waals surface area contributed by atoms with Crippen molar-refractivity contribution in [3.05, 3.63) is 29.3 Å². The number of Topliss-reactive ketones (excluding diaryl/α,β-unsaturated/α-hetero) is 1. The lowest BCUT2D eigenvalue weighted by Crippen LogP contribution is -2.36. The topological polar surface area (TPSA) is 26.3 Å². The summed E-state index contributed by atoms with van der Waals surface area (Å²) in [6.07, 6.45) is -4.04. The second kappa shape index (κ2) is 5.37. The third kappa shape index (κ3) is 2.80. The smallest absolute Gasteiger partial charge is 0.369 e. The summed E-state index contributed by atoms with van der Waals surface area (Å²) in [6, 6.07) is 3.97. The lowest BCUT2D eigenvalue weighted by Gasteiger charge is -2.16. The molecule has 0 aromatic heterocycles. The number of carbonyl (C=O) groups excluding carboxylic acids is 1. The number of ketones is 1. The summed E-state index contributed by atoms with van der Waals surface area (Å²) >= 11 is 0. The van der Waals surface area contributed by atoms with Crippen LogP contribution in [-0.2, 0) is 0 Å². The van der Waals surface area contributed by atoms with Crippen molar-refractivity contribution in [3.63, 3.8) is 0 Å². The van der Waals surface area contributed by atoms with E-state index in [4.69, 9.17) is 4.74 Å². The molecular formula is C12H12F4O2. The lowest BCUT2D eigenvalue weighted by atomic mass is 10.0. The molecule has 18 heavy (non-hydrogen) atoms. The zero-order chi connectivity index (χ0) is 13.9. The molecule has 0 amide bonds. The van der Waals surface area contributed by atoms with E-state index in [2.05, 4.69) is 0 Å². The van der Waals surface area contributed by atoms with Crippen LogP contribution in [0.3, 0.4) is 0 Å². The maximum atomic E-state index is 13.0. The minimum atomic E-state index is -4.71. The second-order valence-corrected chi connectivity index (χ2v) is 3.69. The number of carbonyl (C=O) groups is 1. The molecule has 0 aliphatic carbocycles. The van der Waals surface area contributed by atoms with Crippen LogP contribution in [0.1, 0.15) is 22.8 Å². The van der Waals surface area contributed by atoms with E-state index in [0.29, 0.717) is 5.56 Å². The molecule has 0 saturated carbocycles. The summed E-state index contributed by atoms with van der Waals surface area (Å²) in [7, 11) is 0. The maximum Gasteiger partial charge on any atom is 0.369 e. The third-order valence-electron chi connectivity index (χ3n) is 2.26. The van der Waals surface area contributed by atoms with Gasteiger partial charge in [0.05, 0.1) is 12.2 Å². The van der Waals surface area contributed by atoms with Crippen molar-refractivity contribution >= 4 is 5.78 Å². The van der Waals surface area contributed by atoms with Crippen LogP contribution in [0, 0.1) is 6.92 Å². The van der Waals surface area contributed by atoms with Gasteiger partial charge in [0.15, 0.2) is 0 Å². The van der Waals surface area contributed by atoms with E-state index in [0.717, 1.165) is 6.07 Å². The number of aryl methyl sites for hydroxylation is 1. The van der Waals surface area contributed by atoms with Crippen LogP contribution in [-0.4, -0.2) is 24.7 Å². The van der Waals surface area contributed by atoms with Crippen molar-refractivity contribution in [2.45, 2.75) is 26.2 Å². The average Bonchev–Trinajstić information content (AvgIpc) is 2.30. The molecule has 1 aromatic rings. The summed E-state index contributed by atoms with van der Waals surface area (Å²) in [6.45, 7) is 3.30. The van der Waals surface area contributed by atoms with E-state index < -0.39 is 23.7 Å². The average molecular weight is 264 g/mol. The third-order valence-corrected chi connectivity index (χ3v) is 2.26. The van der Waals surface area contributed by atoms with Crippen molar-refractivity contribution in [2.75, 3.05) is 6.61 Å². The molecule has 0 aliphatic heterocycles. The van der Waals surface area contributed by atoms with Gasteiger partial charge < -0.3 is 4.74 Å². The first-order valence-corrected chi connectivity index (χ1v) is 5.25. The van der Waals surface area contributed by atoms with Gasteiger partial charge in [-0.2, -0.15) is 8.78 Å². The Bertz CT molecular complexity index is 444. The predicted octanol–water partition coefficient (Wildman–Crippen LogP) is 3.48. The Labute approximate surface area is 102 Å². The van der Waals surface area contributed by atoms with Crippen molar-refractivity contribution in [1.82, 2.24) is 0 Å². The van der Waals surface area contributed by atoms with Gasteiger partial charge in [-0.15, -0.1) is 0 Å². The van der Waals surface area contributed by atoms with Gasteiger partial charge in [-0.25, -0.2) is 8.78 Å². The van der Waals surface area contributed by atoms with Crippen molar-refractivity contribution in [1.29, 1.82) is 0 Å². The van der Waals surface area contributed by atoms with Gasteiger partial charge in [-0.3, -0.25) is 4.79 Å². The lowest BCUT2D eigenvalue weighted by molar-refractivity contribution is -0.0959. The Balaban J connectivity index is 3.23. The zero-order valence-corrected chi connectivity index (χ0v) is 9.84. The molecule has 0 bridgehead atoms. The fourth-order valence-electron chi connectivity index (χ4n) is 1.38. The molecule has 0 heterocycles. The Kier molecular flexibility index (Phi) is 4.32. The number of benzene rings is 1. The standard InChI is InChI=1S/C12H12F4O2/c1-3-18-9-5-4-7(2)6-8(9)10(17)12(15,16)11(13)14/h4-6,11H,3H2,1-2H3. The van der Waals surface area contributed by atoms with E-state index in [-0.39, 0.29) is 12.4 Å². The summed E-state index contributed by atoms with van der Waals surface area (Å²) in [5.41, 5.74) is -0.0194. The van der Waals surface area contributed by atoms with E-state index in [1.807, 2.05) is 0 Å². The van der Waals surface area contributed by atoms with E-state index >= 15 is 0 Å². The minimum absolute atomic E-state index is 0.117. The number of hydrogen-bond donors (Lipinski definition) is 0. The van der Waals surface area contributed by atoms with Crippen LogP contribution in [0.25, 0.3) is 0 Å². The Hall–Kier alpha value is -1.59. The first kappa shape index (κ1) is 14.5. The molecule has 2 nitrogen and oxygen atoms in total. The van der Waals surface area contributed by atoms with Gasteiger partial charge in [0, 0.05) is 0 Å². The fraction of sp³-hybridized carbons (Fsp3) is 0.417. The highest BCUT2D eigenvalue weighted by Gasteiger charge is 2.49. The van der Waals surface area contributed by atoms with Gasteiger partial charge in [-0.1, -0.05) is 11.6 Å². The van der Waals surface area contributed by atoms with Crippen LogP contribution in [0.15, 0.2) is 18.2 Å². The Morgan fingerprint density at radius 3 is 2.50 bits per heavy atom. The zero-order valence-electron chi connectivity index (χ0n) is 9.84. The van der Waals surface area contributed by atoms with Gasteiger partial charge in [0.1, 0.15) is 5.75 Å². The maximum absolute atomic E-state index is 13.0. The quantitative estimate of drug-likeness (QED) is 0.601. The highest BCUT2D eigenvalue weighted by Crippen LogP contribution is 2.31. The predicted molar refractivity (Wildman–Crippen MR) is 57.6 cm³/mol. The number of ether oxygens (including phenoxy) is 1. The van der Waals surface area contributed by atoms with E-state index in [9.17, 15) is 22.4 Å². The first-order chi connectivity index (χ1) is 8.30. The molecule has 0 atom stereocenters. The molecular weight excluding hydrogens is 252 g/mol. The molecule has 0 spiro atoms. The largest absolute Gasteiger partial charge is 0.493 e. The molecule has 1 rings (SSSR count). The number of alkyl halides is 4. The van der Waals surface area contributed by atoms with Gasteiger partial charge >= 0.3 is 12.3 Å². The second-order valence-electron chi connectivity index (χ2n) is 3.69.